The SMILES string of the molecule is COc1ncnc2ccc(N3CCN(C(=O)c4cc(C)n(C)n4)CC3)cc12. The van der Waals surface area contributed by atoms with Crippen LogP contribution in [0, 0.1) is 6.92 Å². The predicted molar refractivity (Wildman–Crippen MR) is 102 cm³/mol. The number of methoxy groups -OCH3 is 1. The van der Waals surface area contributed by atoms with Gasteiger partial charge in [0.25, 0.3) is 5.91 Å². The van der Waals surface area contributed by atoms with Gasteiger partial charge in [0.15, 0.2) is 5.69 Å². The number of aryl methyl sites for hydroxylation is 2. The van der Waals surface area contributed by atoms with Crippen molar-refractivity contribution in [3.8, 4) is 5.88 Å². The van der Waals surface area contributed by atoms with Gasteiger partial charge in [-0.15, -0.1) is 0 Å². The first-order valence-electron chi connectivity index (χ1n) is 8.90. The van der Waals surface area contributed by atoms with E-state index in [0.717, 1.165) is 35.4 Å². The second kappa shape index (κ2) is 6.86. The molecule has 1 aliphatic heterocycles. The van der Waals surface area contributed by atoms with E-state index in [0.29, 0.717) is 24.7 Å². The lowest BCUT2D eigenvalue weighted by molar-refractivity contribution is 0.0740. The van der Waals surface area contributed by atoms with E-state index in [-0.39, 0.29) is 5.91 Å². The Bertz CT molecular complexity index is 972. The maximum atomic E-state index is 12.7. The summed E-state index contributed by atoms with van der Waals surface area (Å²) < 4.78 is 7.08. The Kier molecular flexibility index (Phi) is 4.39. The van der Waals surface area contributed by atoms with Gasteiger partial charge in [0.2, 0.25) is 5.88 Å². The summed E-state index contributed by atoms with van der Waals surface area (Å²) in [5, 5.41) is 5.19. The van der Waals surface area contributed by atoms with Crippen molar-refractivity contribution in [1.29, 1.82) is 0 Å². The van der Waals surface area contributed by atoms with Crippen molar-refractivity contribution in [2.45, 2.75) is 6.92 Å². The number of benzene rings is 1. The molecule has 0 spiro atoms. The van der Waals surface area contributed by atoms with E-state index in [2.05, 4.69) is 20.0 Å². The summed E-state index contributed by atoms with van der Waals surface area (Å²) in [6, 6.07) is 7.91. The quantitative estimate of drug-likeness (QED) is 0.701. The highest BCUT2D eigenvalue weighted by Gasteiger charge is 2.24. The maximum Gasteiger partial charge on any atom is 0.274 e. The lowest BCUT2D eigenvalue weighted by Gasteiger charge is -2.36. The highest BCUT2D eigenvalue weighted by Crippen LogP contribution is 2.27. The number of anilines is 1. The fraction of sp³-hybridized carbons (Fsp3) is 0.368. The van der Waals surface area contributed by atoms with E-state index in [4.69, 9.17) is 4.74 Å². The van der Waals surface area contributed by atoms with Gasteiger partial charge in [-0.25, -0.2) is 9.97 Å². The molecular formula is C19H22N6O2. The first-order chi connectivity index (χ1) is 13.1. The van der Waals surface area contributed by atoms with Crippen molar-refractivity contribution in [3.05, 3.63) is 42.0 Å². The third-order valence-corrected chi connectivity index (χ3v) is 5.04. The molecule has 3 heterocycles. The third kappa shape index (κ3) is 3.18. The van der Waals surface area contributed by atoms with Crippen LogP contribution in [0.25, 0.3) is 10.9 Å². The number of carbonyl (C=O) groups excluding carboxylic acids is 1. The Hall–Kier alpha value is -3.16. The minimum Gasteiger partial charge on any atom is -0.480 e. The van der Waals surface area contributed by atoms with Crippen LogP contribution >= 0.6 is 0 Å². The van der Waals surface area contributed by atoms with Crippen LogP contribution in [0.2, 0.25) is 0 Å². The van der Waals surface area contributed by atoms with Gasteiger partial charge >= 0.3 is 0 Å². The summed E-state index contributed by atoms with van der Waals surface area (Å²) in [6.07, 6.45) is 1.50. The fourth-order valence-electron chi connectivity index (χ4n) is 3.38. The second-order valence-electron chi connectivity index (χ2n) is 6.66. The molecule has 1 aliphatic rings. The van der Waals surface area contributed by atoms with Crippen molar-refractivity contribution in [2.24, 2.45) is 7.05 Å². The van der Waals surface area contributed by atoms with Gasteiger partial charge in [-0.05, 0) is 31.2 Å². The third-order valence-electron chi connectivity index (χ3n) is 5.04. The first-order valence-corrected chi connectivity index (χ1v) is 8.90. The standard InChI is InChI=1S/C19H22N6O2/c1-13-10-17(22-23(13)2)19(26)25-8-6-24(7-9-25)14-4-5-16-15(11-14)18(27-3)21-12-20-16/h4-5,10-12H,6-9H2,1-3H3. The molecule has 140 valence electrons. The number of aromatic nitrogens is 4. The Morgan fingerprint density at radius 3 is 2.56 bits per heavy atom. The highest BCUT2D eigenvalue weighted by molar-refractivity contribution is 5.92. The molecule has 0 bridgehead atoms. The van der Waals surface area contributed by atoms with E-state index in [1.54, 1.807) is 11.8 Å². The van der Waals surface area contributed by atoms with E-state index < -0.39 is 0 Å². The number of piperazine rings is 1. The van der Waals surface area contributed by atoms with Crippen LogP contribution in [0.1, 0.15) is 16.2 Å². The average Bonchev–Trinajstić information content (AvgIpc) is 3.05. The molecule has 1 amide bonds. The number of nitrogens with zero attached hydrogens (tertiary/aromatic N) is 6. The lowest BCUT2D eigenvalue weighted by atomic mass is 10.2. The molecule has 0 unspecified atom stereocenters. The average molecular weight is 366 g/mol. The van der Waals surface area contributed by atoms with Crippen molar-refractivity contribution in [2.75, 3.05) is 38.2 Å². The van der Waals surface area contributed by atoms with Crippen LogP contribution < -0.4 is 9.64 Å². The summed E-state index contributed by atoms with van der Waals surface area (Å²) in [5.74, 6) is 0.563. The molecule has 0 saturated carbocycles. The Morgan fingerprint density at radius 2 is 1.89 bits per heavy atom. The number of fused-ring (bicyclic) bond motifs is 1. The molecule has 3 aromatic rings. The van der Waals surface area contributed by atoms with Crippen LogP contribution in [0.3, 0.4) is 0 Å². The number of rotatable bonds is 3. The van der Waals surface area contributed by atoms with Crippen molar-refractivity contribution in [1.82, 2.24) is 24.6 Å². The van der Waals surface area contributed by atoms with Gasteiger partial charge in [-0.1, -0.05) is 0 Å². The normalized spacial score (nSPS) is 14.6. The first kappa shape index (κ1) is 17.3. The van der Waals surface area contributed by atoms with Gasteiger partial charge in [0.1, 0.15) is 6.33 Å². The van der Waals surface area contributed by atoms with Gasteiger partial charge in [0, 0.05) is 44.6 Å². The summed E-state index contributed by atoms with van der Waals surface area (Å²) >= 11 is 0. The van der Waals surface area contributed by atoms with Gasteiger partial charge in [-0.2, -0.15) is 5.10 Å². The van der Waals surface area contributed by atoms with E-state index in [1.807, 2.05) is 43.1 Å². The molecule has 4 rings (SSSR count). The zero-order chi connectivity index (χ0) is 19.0. The number of hydrogen-bond donors (Lipinski definition) is 0. The second-order valence-corrected chi connectivity index (χ2v) is 6.66. The van der Waals surface area contributed by atoms with E-state index in [9.17, 15) is 4.79 Å². The zero-order valence-corrected chi connectivity index (χ0v) is 15.7. The number of carbonyl (C=O) groups is 1. The van der Waals surface area contributed by atoms with Crippen molar-refractivity contribution < 1.29 is 9.53 Å². The molecule has 1 fully saturated rings. The zero-order valence-electron chi connectivity index (χ0n) is 15.7. The molecule has 1 saturated heterocycles. The minimum atomic E-state index is -0.00747. The van der Waals surface area contributed by atoms with Crippen LogP contribution in [0.15, 0.2) is 30.6 Å². The maximum absolute atomic E-state index is 12.7. The van der Waals surface area contributed by atoms with Crippen LogP contribution in [-0.4, -0.2) is 63.8 Å². The molecular weight excluding hydrogens is 344 g/mol. The lowest BCUT2D eigenvalue weighted by Crippen LogP contribution is -2.48. The number of hydrogen-bond acceptors (Lipinski definition) is 6. The molecule has 27 heavy (non-hydrogen) atoms. The molecule has 0 atom stereocenters. The van der Waals surface area contributed by atoms with Crippen LogP contribution in [-0.2, 0) is 7.05 Å². The Labute approximate surface area is 157 Å². The molecule has 8 nitrogen and oxygen atoms in total. The monoisotopic (exact) mass is 366 g/mol. The van der Waals surface area contributed by atoms with E-state index in [1.165, 1.54) is 6.33 Å². The molecule has 1 aromatic carbocycles. The number of ether oxygens (including phenoxy) is 1. The summed E-state index contributed by atoms with van der Waals surface area (Å²) in [4.78, 5) is 25.3. The van der Waals surface area contributed by atoms with Crippen LogP contribution in [0.4, 0.5) is 5.69 Å². The molecule has 0 N–H and O–H groups in total. The van der Waals surface area contributed by atoms with E-state index >= 15 is 0 Å². The molecule has 8 heteroatoms. The topological polar surface area (TPSA) is 76.4 Å². The molecule has 0 aliphatic carbocycles. The van der Waals surface area contributed by atoms with Gasteiger partial charge in [0.05, 0.1) is 18.0 Å². The fourth-order valence-corrected chi connectivity index (χ4v) is 3.38. The molecule has 0 radical (unpaired) electrons. The number of amides is 1. The highest BCUT2D eigenvalue weighted by atomic mass is 16.5. The summed E-state index contributed by atoms with van der Waals surface area (Å²) in [6.45, 7) is 4.79. The Morgan fingerprint density at radius 1 is 1.11 bits per heavy atom. The summed E-state index contributed by atoms with van der Waals surface area (Å²) in [5.41, 5.74) is 3.42. The van der Waals surface area contributed by atoms with Gasteiger partial charge < -0.3 is 14.5 Å². The largest absolute Gasteiger partial charge is 0.480 e. The minimum absolute atomic E-state index is 0.00747. The van der Waals surface area contributed by atoms with Crippen molar-refractivity contribution >= 4 is 22.5 Å². The van der Waals surface area contributed by atoms with Gasteiger partial charge in [-0.3, -0.25) is 9.48 Å². The smallest absolute Gasteiger partial charge is 0.274 e. The Balaban J connectivity index is 1.49. The van der Waals surface area contributed by atoms with Crippen LogP contribution in [0.5, 0.6) is 5.88 Å². The predicted octanol–water partition coefficient (Wildman–Crippen LogP) is 1.64. The summed E-state index contributed by atoms with van der Waals surface area (Å²) in [7, 11) is 3.46. The molecule has 2 aromatic heterocycles. The van der Waals surface area contributed by atoms with Crippen molar-refractivity contribution in [3.63, 3.8) is 0 Å².